The van der Waals surface area contributed by atoms with Gasteiger partial charge in [-0.1, -0.05) is 29.3 Å². The Balaban J connectivity index is 1.69. The number of halogens is 2. The fourth-order valence-electron chi connectivity index (χ4n) is 3.75. The molecule has 1 aromatic carbocycles. The second-order valence-electron chi connectivity index (χ2n) is 8.65. The van der Waals surface area contributed by atoms with Crippen molar-refractivity contribution in [2.75, 3.05) is 6.61 Å². The van der Waals surface area contributed by atoms with Crippen molar-refractivity contribution in [1.82, 2.24) is 20.1 Å². The smallest absolute Gasteiger partial charge is 0.407 e. The van der Waals surface area contributed by atoms with Crippen LogP contribution < -0.4 is 5.32 Å². The van der Waals surface area contributed by atoms with Crippen molar-refractivity contribution < 1.29 is 14.3 Å². The predicted molar refractivity (Wildman–Crippen MR) is 121 cm³/mol. The standard InChI is InChI=1S/C22H26Cl2N4O3/c1-22(2,3)31-21(29)25-11-16-18(14-7-8-15(23)19(24)20(14)27-16)13-10-26-28(12-13)17-6-4-5-9-30-17/h7-8,10,12,17,27H,4-6,9,11H2,1-3H3,(H,25,29). The van der Waals surface area contributed by atoms with Gasteiger partial charge in [-0.2, -0.15) is 5.10 Å². The SMILES string of the molecule is CC(C)(C)OC(=O)NCc1[nH]c2c(Cl)c(Cl)ccc2c1-c1cnn(C2CCCCO2)c1. The number of carbonyl (C=O) groups excluding carboxylic acids is 1. The topological polar surface area (TPSA) is 81.2 Å². The molecule has 7 nitrogen and oxygen atoms in total. The lowest BCUT2D eigenvalue weighted by molar-refractivity contribution is -0.0394. The van der Waals surface area contributed by atoms with Crippen LogP contribution in [0.15, 0.2) is 24.5 Å². The van der Waals surface area contributed by atoms with E-state index in [1.54, 1.807) is 12.3 Å². The number of aromatic amines is 1. The zero-order valence-electron chi connectivity index (χ0n) is 17.8. The molecular formula is C22H26Cl2N4O3. The van der Waals surface area contributed by atoms with Gasteiger partial charge in [0.1, 0.15) is 11.8 Å². The van der Waals surface area contributed by atoms with Crippen LogP contribution in [0.2, 0.25) is 10.0 Å². The predicted octanol–water partition coefficient (Wildman–Crippen LogP) is 6.06. The van der Waals surface area contributed by atoms with Crippen LogP contribution in [0.5, 0.6) is 0 Å². The minimum Gasteiger partial charge on any atom is -0.444 e. The Kier molecular flexibility index (Phi) is 6.19. The molecule has 2 aromatic heterocycles. The van der Waals surface area contributed by atoms with E-state index in [0.29, 0.717) is 15.6 Å². The molecule has 0 aliphatic carbocycles. The average molecular weight is 465 g/mol. The van der Waals surface area contributed by atoms with Gasteiger partial charge in [0.2, 0.25) is 0 Å². The molecule has 9 heteroatoms. The Morgan fingerprint density at radius 2 is 2.16 bits per heavy atom. The number of nitrogens with zero attached hydrogens (tertiary/aromatic N) is 2. The summed E-state index contributed by atoms with van der Waals surface area (Å²) in [4.78, 5) is 15.5. The third kappa shape index (κ3) is 4.84. The van der Waals surface area contributed by atoms with Crippen LogP contribution in [0.4, 0.5) is 4.79 Å². The van der Waals surface area contributed by atoms with Gasteiger partial charge in [-0.3, -0.25) is 0 Å². The maximum absolute atomic E-state index is 12.2. The maximum atomic E-state index is 12.2. The van der Waals surface area contributed by atoms with Crippen molar-refractivity contribution in [2.45, 2.75) is 58.4 Å². The fourth-order valence-corrected chi connectivity index (χ4v) is 4.12. The van der Waals surface area contributed by atoms with Crippen LogP contribution in [-0.2, 0) is 16.0 Å². The van der Waals surface area contributed by atoms with Crippen molar-refractivity contribution in [3.8, 4) is 11.1 Å². The number of carbonyl (C=O) groups is 1. The quantitative estimate of drug-likeness (QED) is 0.491. The summed E-state index contributed by atoms with van der Waals surface area (Å²) >= 11 is 12.7. The van der Waals surface area contributed by atoms with E-state index in [9.17, 15) is 4.79 Å². The number of aromatic nitrogens is 3. The van der Waals surface area contributed by atoms with Crippen molar-refractivity contribution in [2.24, 2.45) is 0 Å². The van der Waals surface area contributed by atoms with Crippen LogP contribution in [0.3, 0.4) is 0 Å². The fraction of sp³-hybridized carbons (Fsp3) is 0.455. The number of amides is 1. The number of hydrogen-bond acceptors (Lipinski definition) is 4. The van der Waals surface area contributed by atoms with E-state index in [4.69, 9.17) is 32.7 Å². The number of rotatable bonds is 4. The van der Waals surface area contributed by atoms with Gasteiger partial charge in [-0.05, 0) is 46.1 Å². The molecule has 1 saturated heterocycles. The first-order valence-corrected chi connectivity index (χ1v) is 11.1. The molecule has 0 radical (unpaired) electrons. The number of benzene rings is 1. The summed E-state index contributed by atoms with van der Waals surface area (Å²) in [5, 5.41) is 9.14. The first-order chi connectivity index (χ1) is 14.7. The highest BCUT2D eigenvalue weighted by Gasteiger charge is 2.22. The van der Waals surface area contributed by atoms with Crippen LogP contribution in [0, 0.1) is 0 Å². The zero-order valence-corrected chi connectivity index (χ0v) is 19.3. The van der Waals surface area contributed by atoms with E-state index in [-0.39, 0.29) is 12.8 Å². The summed E-state index contributed by atoms with van der Waals surface area (Å²) in [5.74, 6) is 0. The molecule has 31 heavy (non-hydrogen) atoms. The third-order valence-electron chi connectivity index (χ3n) is 5.09. The van der Waals surface area contributed by atoms with Crippen LogP contribution in [0.1, 0.15) is 52.0 Å². The zero-order chi connectivity index (χ0) is 22.2. The van der Waals surface area contributed by atoms with Gasteiger partial charge in [0.25, 0.3) is 0 Å². The van der Waals surface area contributed by atoms with Crippen LogP contribution in [-0.4, -0.2) is 33.1 Å². The third-order valence-corrected chi connectivity index (χ3v) is 5.90. The molecule has 3 aromatic rings. The molecular weight excluding hydrogens is 439 g/mol. The molecule has 1 aliphatic rings. The molecule has 3 heterocycles. The van der Waals surface area contributed by atoms with Crippen LogP contribution in [0.25, 0.3) is 22.0 Å². The largest absolute Gasteiger partial charge is 0.444 e. The van der Waals surface area contributed by atoms with E-state index < -0.39 is 11.7 Å². The second kappa shape index (κ2) is 8.73. The van der Waals surface area contributed by atoms with Crippen molar-refractivity contribution >= 4 is 40.2 Å². The lowest BCUT2D eigenvalue weighted by Crippen LogP contribution is -2.32. The molecule has 1 aliphatic heterocycles. The molecule has 0 bridgehead atoms. The number of ether oxygens (including phenoxy) is 2. The van der Waals surface area contributed by atoms with Crippen molar-refractivity contribution in [1.29, 1.82) is 0 Å². The Morgan fingerprint density at radius 1 is 1.35 bits per heavy atom. The molecule has 1 fully saturated rings. The van der Waals surface area contributed by atoms with Gasteiger partial charge in [0.15, 0.2) is 0 Å². The highest BCUT2D eigenvalue weighted by atomic mass is 35.5. The van der Waals surface area contributed by atoms with Crippen molar-refractivity contribution in [3.05, 3.63) is 40.3 Å². The van der Waals surface area contributed by atoms with E-state index >= 15 is 0 Å². The van der Waals surface area contributed by atoms with Gasteiger partial charge in [-0.25, -0.2) is 9.48 Å². The van der Waals surface area contributed by atoms with Gasteiger partial charge < -0.3 is 19.8 Å². The Morgan fingerprint density at radius 3 is 2.87 bits per heavy atom. The number of hydrogen-bond donors (Lipinski definition) is 2. The number of nitrogens with one attached hydrogen (secondary N) is 2. The summed E-state index contributed by atoms with van der Waals surface area (Å²) in [6.07, 6.45) is 6.35. The summed E-state index contributed by atoms with van der Waals surface area (Å²) in [6, 6.07) is 3.68. The van der Waals surface area contributed by atoms with Gasteiger partial charge in [0, 0.05) is 35.0 Å². The molecule has 2 N–H and O–H groups in total. The molecule has 0 saturated carbocycles. The van der Waals surface area contributed by atoms with E-state index in [2.05, 4.69) is 15.4 Å². The van der Waals surface area contributed by atoms with Gasteiger partial charge in [0.05, 0.1) is 28.3 Å². The normalized spacial score (nSPS) is 17.1. The lowest BCUT2D eigenvalue weighted by atomic mass is 10.0. The second-order valence-corrected chi connectivity index (χ2v) is 9.43. The summed E-state index contributed by atoms with van der Waals surface area (Å²) in [6.45, 7) is 6.45. The summed E-state index contributed by atoms with van der Waals surface area (Å²) in [5.41, 5.74) is 2.73. The first-order valence-electron chi connectivity index (χ1n) is 10.3. The molecule has 4 rings (SSSR count). The molecule has 166 valence electrons. The Hall–Kier alpha value is -2.22. The highest BCUT2D eigenvalue weighted by Crippen LogP contribution is 2.39. The highest BCUT2D eigenvalue weighted by molar-refractivity contribution is 6.45. The number of H-pyrrole nitrogens is 1. The molecule has 1 atom stereocenters. The monoisotopic (exact) mass is 464 g/mol. The lowest BCUT2D eigenvalue weighted by Gasteiger charge is -2.22. The maximum Gasteiger partial charge on any atom is 0.407 e. The van der Waals surface area contributed by atoms with Crippen molar-refractivity contribution in [3.63, 3.8) is 0 Å². The Bertz CT molecular complexity index is 1090. The van der Waals surface area contributed by atoms with Crippen LogP contribution >= 0.6 is 23.2 Å². The Labute approximate surface area is 191 Å². The first kappa shape index (κ1) is 22.0. The van der Waals surface area contributed by atoms with Gasteiger partial charge in [-0.15, -0.1) is 0 Å². The number of alkyl carbamates (subject to hydrolysis) is 1. The van der Waals surface area contributed by atoms with E-state index in [1.165, 1.54) is 0 Å². The summed E-state index contributed by atoms with van der Waals surface area (Å²) < 4.78 is 13.1. The van der Waals surface area contributed by atoms with E-state index in [1.807, 2.05) is 37.7 Å². The minimum absolute atomic E-state index is 0.0610. The average Bonchev–Trinajstić information content (AvgIpc) is 3.33. The number of fused-ring (bicyclic) bond motifs is 1. The minimum atomic E-state index is -0.578. The molecule has 1 amide bonds. The summed E-state index contributed by atoms with van der Waals surface area (Å²) in [7, 11) is 0. The molecule has 1 unspecified atom stereocenters. The van der Waals surface area contributed by atoms with E-state index in [0.717, 1.165) is 48.1 Å². The van der Waals surface area contributed by atoms with Gasteiger partial charge >= 0.3 is 6.09 Å². The molecule has 0 spiro atoms.